The molecule has 0 fully saturated rings. The zero-order valence-corrected chi connectivity index (χ0v) is 14.6. The van der Waals surface area contributed by atoms with Gasteiger partial charge in [0.2, 0.25) is 0 Å². The summed E-state index contributed by atoms with van der Waals surface area (Å²) in [6.45, 7) is 10.1. The van der Waals surface area contributed by atoms with Gasteiger partial charge in [0.25, 0.3) is 0 Å². The van der Waals surface area contributed by atoms with Crippen molar-refractivity contribution in [1.29, 1.82) is 0 Å². The zero-order valence-electron chi connectivity index (χ0n) is 13.0. The summed E-state index contributed by atoms with van der Waals surface area (Å²) in [6.07, 6.45) is 0.745. The minimum atomic E-state index is 0.571. The van der Waals surface area contributed by atoms with Gasteiger partial charge in [0.15, 0.2) is 0 Å². The van der Waals surface area contributed by atoms with Gasteiger partial charge in [0.1, 0.15) is 5.75 Å². The van der Waals surface area contributed by atoms with Crippen molar-refractivity contribution in [1.82, 2.24) is 5.32 Å². The zero-order chi connectivity index (χ0) is 15.7. The number of hydrogen-bond donors (Lipinski definition) is 1. The number of benzene rings is 1. The molecule has 0 amide bonds. The van der Waals surface area contributed by atoms with E-state index < -0.39 is 0 Å². The predicted octanol–water partition coefficient (Wildman–Crippen LogP) is 4.20. The Morgan fingerprint density at radius 1 is 1.14 bits per heavy atom. The molecule has 0 saturated carbocycles. The van der Waals surface area contributed by atoms with E-state index in [4.69, 9.17) is 32.7 Å². The Bertz CT molecular complexity index is 425. The molecule has 1 aromatic carbocycles. The maximum Gasteiger partial charge on any atom is 0.139 e. The molecule has 0 aliphatic rings. The molecule has 21 heavy (non-hydrogen) atoms. The molecule has 0 aromatic heterocycles. The van der Waals surface area contributed by atoms with Gasteiger partial charge in [0, 0.05) is 17.6 Å². The molecule has 0 heterocycles. The number of ether oxygens (including phenoxy) is 2. The normalized spacial score (nSPS) is 11.1. The molecule has 1 aromatic rings. The maximum atomic E-state index is 6.23. The Morgan fingerprint density at radius 2 is 1.90 bits per heavy atom. The van der Waals surface area contributed by atoms with Crippen molar-refractivity contribution in [2.75, 3.05) is 32.9 Å². The summed E-state index contributed by atoms with van der Waals surface area (Å²) in [6, 6.07) is 3.63. The van der Waals surface area contributed by atoms with Crippen LogP contribution in [0.2, 0.25) is 10.0 Å². The minimum absolute atomic E-state index is 0.571. The maximum absolute atomic E-state index is 6.23. The monoisotopic (exact) mass is 333 g/mol. The van der Waals surface area contributed by atoms with Gasteiger partial charge in [-0.05, 0) is 37.4 Å². The van der Waals surface area contributed by atoms with Crippen molar-refractivity contribution in [3.63, 3.8) is 0 Å². The number of nitrogens with one attached hydrogen (secondary N) is 1. The highest BCUT2D eigenvalue weighted by atomic mass is 35.5. The van der Waals surface area contributed by atoms with Crippen molar-refractivity contribution in [3.8, 4) is 5.75 Å². The quantitative estimate of drug-likeness (QED) is 0.651. The molecule has 0 spiro atoms. The summed E-state index contributed by atoms with van der Waals surface area (Å²) in [7, 11) is 0. The van der Waals surface area contributed by atoms with Gasteiger partial charge in [-0.2, -0.15) is 0 Å². The molecule has 0 radical (unpaired) electrons. The third-order valence-corrected chi connectivity index (χ3v) is 3.54. The van der Waals surface area contributed by atoms with Gasteiger partial charge < -0.3 is 14.8 Å². The fourth-order valence-electron chi connectivity index (χ4n) is 1.85. The molecular weight excluding hydrogens is 309 g/mol. The van der Waals surface area contributed by atoms with E-state index in [9.17, 15) is 0 Å². The summed E-state index contributed by atoms with van der Waals surface area (Å²) in [5.41, 5.74) is 0.986. The van der Waals surface area contributed by atoms with E-state index in [0.29, 0.717) is 41.5 Å². The van der Waals surface area contributed by atoms with Crippen LogP contribution in [-0.2, 0) is 11.2 Å². The van der Waals surface area contributed by atoms with Crippen molar-refractivity contribution in [3.05, 3.63) is 27.7 Å². The average molecular weight is 334 g/mol. The van der Waals surface area contributed by atoms with E-state index in [1.807, 2.05) is 13.0 Å². The fraction of sp³-hybridized carbons (Fsp3) is 0.625. The molecule has 1 rings (SSSR count). The second-order valence-corrected chi connectivity index (χ2v) is 6.08. The molecule has 120 valence electrons. The van der Waals surface area contributed by atoms with Crippen molar-refractivity contribution in [2.45, 2.75) is 27.2 Å². The first kappa shape index (κ1) is 18.6. The lowest BCUT2D eigenvalue weighted by Gasteiger charge is -2.11. The average Bonchev–Trinajstić information content (AvgIpc) is 2.42. The third-order valence-electron chi connectivity index (χ3n) is 2.89. The van der Waals surface area contributed by atoms with Gasteiger partial charge in [-0.3, -0.25) is 0 Å². The topological polar surface area (TPSA) is 30.5 Å². The van der Waals surface area contributed by atoms with Crippen LogP contribution in [0.3, 0.4) is 0 Å². The Balaban J connectivity index is 2.30. The van der Waals surface area contributed by atoms with E-state index in [0.717, 1.165) is 25.1 Å². The third kappa shape index (κ3) is 7.37. The predicted molar refractivity (Wildman–Crippen MR) is 89.9 cm³/mol. The number of hydrogen-bond acceptors (Lipinski definition) is 3. The molecular formula is C16H25Cl2NO2. The summed E-state index contributed by atoms with van der Waals surface area (Å²) in [5.74, 6) is 1.29. The molecule has 0 atom stereocenters. The van der Waals surface area contributed by atoms with Crippen LogP contribution in [0.25, 0.3) is 0 Å². The molecule has 3 nitrogen and oxygen atoms in total. The van der Waals surface area contributed by atoms with Crippen molar-refractivity contribution < 1.29 is 9.47 Å². The van der Waals surface area contributed by atoms with Gasteiger partial charge in [-0.1, -0.05) is 37.0 Å². The second-order valence-electron chi connectivity index (χ2n) is 5.27. The summed E-state index contributed by atoms with van der Waals surface area (Å²) >= 11 is 12.4. The minimum Gasteiger partial charge on any atom is -0.492 e. The first-order chi connectivity index (χ1) is 10.0. The van der Waals surface area contributed by atoms with Crippen LogP contribution in [0.5, 0.6) is 5.75 Å². The van der Waals surface area contributed by atoms with Crippen molar-refractivity contribution >= 4 is 23.2 Å². The Kier molecular flexibility index (Phi) is 9.09. The highest BCUT2D eigenvalue weighted by molar-refractivity contribution is 6.34. The fourth-order valence-corrected chi connectivity index (χ4v) is 2.34. The van der Waals surface area contributed by atoms with E-state index in [2.05, 4.69) is 19.2 Å². The second kappa shape index (κ2) is 10.3. The first-order valence-corrected chi connectivity index (χ1v) is 8.19. The molecule has 0 bridgehead atoms. The standard InChI is InChI=1S/C16H25Cl2NO2/c1-4-21-16-10-14(17)13(9-15(16)18)5-7-20-8-6-19-11-12(2)3/h9-10,12,19H,4-8,11H2,1-3H3. The van der Waals surface area contributed by atoms with E-state index >= 15 is 0 Å². The molecule has 1 N–H and O–H groups in total. The van der Waals surface area contributed by atoms with E-state index in [-0.39, 0.29) is 0 Å². The molecule has 0 saturated heterocycles. The molecule has 0 aliphatic heterocycles. The van der Waals surface area contributed by atoms with Gasteiger partial charge in [-0.15, -0.1) is 0 Å². The van der Waals surface area contributed by atoms with E-state index in [1.54, 1.807) is 6.07 Å². The SMILES string of the molecule is CCOc1cc(Cl)c(CCOCCNCC(C)C)cc1Cl. The lowest BCUT2D eigenvalue weighted by Crippen LogP contribution is -2.24. The number of rotatable bonds is 10. The lowest BCUT2D eigenvalue weighted by molar-refractivity contribution is 0.138. The van der Waals surface area contributed by atoms with Crippen LogP contribution in [0.4, 0.5) is 0 Å². The molecule has 0 aliphatic carbocycles. The summed E-state index contributed by atoms with van der Waals surface area (Å²) in [4.78, 5) is 0. The first-order valence-electron chi connectivity index (χ1n) is 7.43. The van der Waals surface area contributed by atoms with Gasteiger partial charge in [-0.25, -0.2) is 0 Å². The largest absolute Gasteiger partial charge is 0.492 e. The Morgan fingerprint density at radius 3 is 2.57 bits per heavy atom. The van der Waals surface area contributed by atoms with E-state index in [1.165, 1.54) is 0 Å². The highest BCUT2D eigenvalue weighted by Gasteiger charge is 2.08. The lowest BCUT2D eigenvalue weighted by atomic mass is 10.1. The molecule has 0 unspecified atom stereocenters. The van der Waals surface area contributed by atoms with Crippen LogP contribution in [0, 0.1) is 5.92 Å². The van der Waals surface area contributed by atoms with Gasteiger partial charge in [0.05, 0.1) is 24.8 Å². The molecule has 5 heteroatoms. The summed E-state index contributed by atoms with van der Waals surface area (Å²) < 4.78 is 11.0. The van der Waals surface area contributed by atoms with Crippen molar-refractivity contribution in [2.24, 2.45) is 5.92 Å². The van der Waals surface area contributed by atoms with Gasteiger partial charge >= 0.3 is 0 Å². The van der Waals surface area contributed by atoms with Crippen LogP contribution < -0.4 is 10.1 Å². The van der Waals surface area contributed by atoms with Crippen LogP contribution in [0.15, 0.2) is 12.1 Å². The summed E-state index contributed by atoms with van der Waals surface area (Å²) in [5, 5.41) is 4.60. The highest BCUT2D eigenvalue weighted by Crippen LogP contribution is 2.31. The van der Waals surface area contributed by atoms with Crippen LogP contribution in [0.1, 0.15) is 26.3 Å². The van der Waals surface area contributed by atoms with Crippen LogP contribution >= 0.6 is 23.2 Å². The smallest absolute Gasteiger partial charge is 0.139 e. The number of halogens is 2. The Labute approximate surface area is 137 Å². The Hall–Kier alpha value is -0.480. The van der Waals surface area contributed by atoms with Crippen LogP contribution in [-0.4, -0.2) is 32.9 Å².